The Bertz CT molecular complexity index is 388. The lowest BCUT2D eigenvalue weighted by atomic mass is 9.92. The van der Waals surface area contributed by atoms with Crippen LogP contribution in [0.2, 0.25) is 0 Å². The van der Waals surface area contributed by atoms with Gasteiger partial charge in [0.05, 0.1) is 25.5 Å². The molecule has 0 aromatic carbocycles. The number of hydrogen-bond acceptors (Lipinski definition) is 5. The average molecular weight is 209 g/mol. The van der Waals surface area contributed by atoms with Crippen molar-refractivity contribution < 1.29 is 19.1 Å². The van der Waals surface area contributed by atoms with Gasteiger partial charge in [-0.25, -0.2) is 4.79 Å². The van der Waals surface area contributed by atoms with Crippen molar-refractivity contribution >= 4 is 11.9 Å². The quantitative estimate of drug-likeness (QED) is 0.508. The third kappa shape index (κ3) is 1.92. The van der Waals surface area contributed by atoms with E-state index >= 15 is 0 Å². The number of hydrogen-bond donors (Lipinski definition) is 1. The molecule has 1 rings (SSSR count). The first-order valence-electron chi connectivity index (χ1n) is 4.20. The van der Waals surface area contributed by atoms with Crippen LogP contribution in [0.4, 0.5) is 0 Å². The number of carbonyl (C=O) groups is 1. The molecule has 0 amide bonds. The third-order valence-corrected chi connectivity index (χ3v) is 2.09. The molecule has 0 bridgehead atoms. The number of rotatable bonds is 2. The summed E-state index contributed by atoms with van der Waals surface area (Å²) >= 11 is 0. The van der Waals surface area contributed by atoms with Crippen molar-refractivity contribution in [2.24, 2.45) is 11.7 Å². The summed E-state index contributed by atoms with van der Waals surface area (Å²) in [6.45, 7) is 0. The SMILES string of the molecule is COC(=O)C1C=CC(OC)=C(N)C1=C=O. The normalized spacial score (nSPS) is 19.9. The molecular weight excluding hydrogens is 198 g/mol. The molecule has 0 aromatic rings. The van der Waals surface area contributed by atoms with Gasteiger partial charge in [-0.2, -0.15) is 0 Å². The summed E-state index contributed by atoms with van der Waals surface area (Å²) in [7, 11) is 2.66. The monoisotopic (exact) mass is 209 g/mol. The van der Waals surface area contributed by atoms with E-state index in [9.17, 15) is 9.59 Å². The molecule has 0 aliphatic heterocycles. The van der Waals surface area contributed by atoms with Gasteiger partial charge in [-0.15, -0.1) is 0 Å². The summed E-state index contributed by atoms with van der Waals surface area (Å²) in [5.41, 5.74) is 5.78. The van der Waals surface area contributed by atoms with Gasteiger partial charge in [0, 0.05) is 0 Å². The first-order chi connectivity index (χ1) is 7.15. The smallest absolute Gasteiger partial charge is 0.317 e. The lowest BCUT2D eigenvalue weighted by molar-refractivity contribution is -0.142. The van der Waals surface area contributed by atoms with E-state index in [4.69, 9.17) is 10.5 Å². The van der Waals surface area contributed by atoms with Gasteiger partial charge >= 0.3 is 5.97 Å². The van der Waals surface area contributed by atoms with Crippen LogP contribution in [0.3, 0.4) is 0 Å². The molecule has 1 unspecified atom stereocenters. The Morgan fingerprint density at radius 2 is 2.20 bits per heavy atom. The van der Waals surface area contributed by atoms with Gasteiger partial charge in [-0.1, -0.05) is 6.08 Å². The van der Waals surface area contributed by atoms with Crippen molar-refractivity contribution in [2.75, 3.05) is 14.2 Å². The number of nitrogens with two attached hydrogens (primary N) is 1. The largest absolute Gasteiger partial charge is 0.495 e. The van der Waals surface area contributed by atoms with E-state index in [0.717, 1.165) is 0 Å². The molecule has 1 aliphatic rings. The Hall–Kier alpha value is -2.00. The van der Waals surface area contributed by atoms with Crippen LogP contribution in [0.1, 0.15) is 0 Å². The molecule has 1 atom stereocenters. The second-order valence-electron chi connectivity index (χ2n) is 2.86. The highest BCUT2D eigenvalue weighted by atomic mass is 16.5. The molecule has 0 heterocycles. The van der Waals surface area contributed by atoms with Crippen molar-refractivity contribution in [3.8, 4) is 0 Å². The second kappa shape index (κ2) is 4.48. The fourth-order valence-electron chi connectivity index (χ4n) is 1.29. The Kier molecular flexibility index (Phi) is 3.31. The van der Waals surface area contributed by atoms with Crippen LogP contribution in [-0.4, -0.2) is 26.1 Å². The van der Waals surface area contributed by atoms with E-state index in [1.54, 1.807) is 5.94 Å². The number of allylic oxidation sites excluding steroid dienone is 2. The molecular formula is C10H11NO4. The molecule has 0 aromatic heterocycles. The van der Waals surface area contributed by atoms with Crippen molar-refractivity contribution in [3.05, 3.63) is 29.2 Å². The molecule has 0 radical (unpaired) electrons. The molecule has 5 heteroatoms. The number of ether oxygens (including phenoxy) is 2. The molecule has 0 fully saturated rings. The maximum absolute atomic E-state index is 11.3. The summed E-state index contributed by atoms with van der Waals surface area (Å²) in [6, 6.07) is 0. The topological polar surface area (TPSA) is 78.6 Å². The average Bonchev–Trinajstić information content (AvgIpc) is 2.27. The molecule has 1 aliphatic carbocycles. The first-order valence-corrected chi connectivity index (χ1v) is 4.20. The molecule has 0 saturated carbocycles. The summed E-state index contributed by atoms with van der Waals surface area (Å²) in [5.74, 6) is 0.624. The van der Waals surface area contributed by atoms with Gasteiger partial charge in [0.2, 0.25) is 0 Å². The maximum atomic E-state index is 11.3. The van der Waals surface area contributed by atoms with Gasteiger partial charge in [-0.05, 0) is 6.08 Å². The van der Waals surface area contributed by atoms with Gasteiger partial charge in [0.1, 0.15) is 17.6 Å². The van der Waals surface area contributed by atoms with E-state index in [0.29, 0.717) is 5.76 Å². The van der Waals surface area contributed by atoms with Crippen LogP contribution in [0.5, 0.6) is 0 Å². The Balaban J connectivity index is 3.13. The molecule has 5 nitrogen and oxygen atoms in total. The van der Waals surface area contributed by atoms with E-state index in [2.05, 4.69) is 4.74 Å². The Morgan fingerprint density at radius 3 is 2.67 bits per heavy atom. The minimum atomic E-state index is -0.800. The van der Waals surface area contributed by atoms with Crippen LogP contribution >= 0.6 is 0 Å². The zero-order valence-corrected chi connectivity index (χ0v) is 8.44. The highest BCUT2D eigenvalue weighted by Crippen LogP contribution is 2.25. The van der Waals surface area contributed by atoms with E-state index in [-0.39, 0.29) is 11.3 Å². The number of carbonyl (C=O) groups excluding carboxylic acids is 2. The summed E-state index contributed by atoms with van der Waals surface area (Å²) in [6.07, 6.45) is 3.01. The van der Waals surface area contributed by atoms with Crippen LogP contribution in [0.15, 0.2) is 29.2 Å². The van der Waals surface area contributed by atoms with Gasteiger partial charge in [0.25, 0.3) is 0 Å². The van der Waals surface area contributed by atoms with Crippen LogP contribution in [0.25, 0.3) is 0 Å². The van der Waals surface area contributed by atoms with Crippen molar-refractivity contribution in [3.63, 3.8) is 0 Å². The van der Waals surface area contributed by atoms with Crippen LogP contribution in [-0.2, 0) is 19.1 Å². The summed E-state index contributed by atoms with van der Waals surface area (Å²) < 4.78 is 9.44. The highest BCUT2D eigenvalue weighted by molar-refractivity contribution is 5.84. The van der Waals surface area contributed by atoms with Crippen molar-refractivity contribution in [1.82, 2.24) is 0 Å². The van der Waals surface area contributed by atoms with E-state index in [1.807, 2.05) is 0 Å². The first kappa shape index (κ1) is 11.1. The second-order valence-corrected chi connectivity index (χ2v) is 2.86. The lowest BCUT2D eigenvalue weighted by Crippen LogP contribution is -2.24. The fourth-order valence-corrected chi connectivity index (χ4v) is 1.29. The standard InChI is InChI=1S/C10H11NO4/c1-14-8-4-3-6(10(13)15-2)7(5-12)9(8)11/h3-4,6H,11H2,1-2H3. The van der Waals surface area contributed by atoms with Gasteiger partial charge < -0.3 is 15.2 Å². The molecule has 0 saturated heterocycles. The predicted octanol–water partition coefficient (Wildman–Crippen LogP) is -0.0799. The predicted molar refractivity (Wildman–Crippen MR) is 52.1 cm³/mol. The highest BCUT2D eigenvalue weighted by Gasteiger charge is 2.28. The molecule has 0 spiro atoms. The third-order valence-electron chi connectivity index (χ3n) is 2.09. The van der Waals surface area contributed by atoms with Gasteiger partial charge in [-0.3, -0.25) is 4.79 Å². The maximum Gasteiger partial charge on any atom is 0.317 e. The summed E-state index contributed by atoms with van der Waals surface area (Å²) in [5, 5.41) is 0. The summed E-state index contributed by atoms with van der Waals surface area (Å²) in [4.78, 5) is 22.0. The van der Waals surface area contributed by atoms with Crippen LogP contribution < -0.4 is 5.73 Å². The van der Waals surface area contributed by atoms with Crippen LogP contribution in [0, 0.1) is 5.92 Å². The minimum Gasteiger partial charge on any atom is -0.495 e. The molecule has 80 valence electrons. The number of esters is 1. The zero-order valence-electron chi connectivity index (χ0n) is 8.44. The van der Waals surface area contributed by atoms with Crippen molar-refractivity contribution in [1.29, 1.82) is 0 Å². The number of methoxy groups -OCH3 is 2. The minimum absolute atomic E-state index is 0.0428. The molecule has 15 heavy (non-hydrogen) atoms. The van der Waals surface area contributed by atoms with E-state index < -0.39 is 11.9 Å². The Morgan fingerprint density at radius 1 is 1.53 bits per heavy atom. The lowest BCUT2D eigenvalue weighted by Gasteiger charge is -2.18. The Labute approximate surface area is 86.8 Å². The van der Waals surface area contributed by atoms with Crippen molar-refractivity contribution in [2.45, 2.75) is 0 Å². The fraction of sp³-hybridized carbons (Fsp3) is 0.300. The van der Waals surface area contributed by atoms with E-state index in [1.165, 1.54) is 26.4 Å². The molecule has 2 N–H and O–H groups in total. The van der Waals surface area contributed by atoms with Gasteiger partial charge in [0.15, 0.2) is 0 Å². The zero-order chi connectivity index (χ0) is 11.4.